The highest BCUT2D eigenvalue weighted by Crippen LogP contribution is 2.27. The van der Waals surface area contributed by atoms with Crippen LogP contribution in [0.3, 0.4) is 0 Å². The van der Waals surface area contributed by atoms with Crippen molar-refractivity contribution in [2.24, 2.45) is 5.84 Å². The molecule has 0 radical (unpaired) electrons. The maximum Gasteiger partial charge on any atom is 0.123 e. The number of hydrazine groups is 1. The molecular weight excluding hydrogens is 239 g/mol. The summed E-state index contributed by atoms with van der Waals surface area (Å²) in [7, 11) is 0. The molecular formula is C16H19FN2. The molecule has 3 N–H and O–H groups in total. The van der Waals surface area contributed by atoms with Gasteiger partial charge in [-0.1, -0.05) is 29.8 Å². The van der Waals surface area contributed by atoms with Crippen molar-refractivity contribution < 1.29 is 4.39 Å². The normalized spacial score (nSPS) is 12.5. The lowest BCUT2D eigenvalue weighted by molar-refractivity contribution is 0.610. The van der Waals surface area contributed by atoms with Gasteiger partial charge in [0.05, 0.1) is 6.04 Å². The first-order chi connectivity index (χ1) is 9.02. The highest BCUT2D eigenvalue weighted by molar-refractivity contribution is 5.41. The minimum absolute atomic E-state index is 0.124. The largest absolute Gasteiger partial charge is 0.271 e. The second kappa shape index (κ2) is 5.51. The predicted octanol–water partition coefficient (Wildman–Crippen LogP) is 3.30. The van der Waals surface area contributed by atoms with Gasteiger partial charge in [-0.3, -0.25) is 5.84 Å². The molecule has 0 bridgehead atoms. The summed E-state index contributed by atoms with van der Waals surface area (Å²) >= 11 is 0. The fraction of sp³-hybridized carbons (Fsp3) is 0.250. The van der Waals surface area contributed by atoms with Crippen LogP contribution in [-0.2, 0) is 0 Å². The summed E-state index contributed by atoms with van der Waals surface area (Å²) in [5.41, 5.74) is 8.22. The van der Waals surface area contributed by atoms with Gasteiger partial charge in [-0.15, -0.1) is 0 Å². The van der Waals surface area contributed by atoms with Crippen molar-refractivity contribution in [3.63, 3.8) is 0 Å². The van der Waals surface area contributed by atoms with E-state index >= 15 is 0 Å². The van der Waals surface area contributed by atoms with Crippen LogP contribution in [0.25, 0.3) is 0 Å². The molecule has 0 aliphatic heterocycles. The number of rotatable bonds is 3. The standard InChI is InChI=1S/C16H19FN2/c1-10-4-6-14(11(2)8-10)16(19-18)15-7-5-13(17)9-12(15)3/h4-9,16,19H,18H2,1-3H3. The van der Waals surface area contributed by atoms with E-state index in [0.717, 1.165) is 16.7 Å². The van der Waals surface area contributed by atoms with Gasteiger partial charge in [0.25, 0.3) is 0 Å². The predicted molar refractivity (Wildman–Crippen MR) is 76.2 cm³/mol. The van der Waals surface area contributed by atoms with Crippen molar-refractivity contribution in [1.29, 1.82) is 0 Å². The first-order valence-corrected chi connectivity index (χ1v) is 6.32. The number of nitrogens with two attached hydrogens (primary N) is 1. The molecule has 19 heavy (non-hydrogen) atoms. The van der Waals surface area contributed by atoms with Crippen LogP contribution in [0.15, 0.2) is 36.4 Å². The molecule has 0 fully saturated rings. The number of aryl methyl sites for hydroxylation is 3. The van der Waals surface area contributed by atoms with Crippen molar-refractivity contribution >= 4 is 0 Å². The summed E-state index contributed by atoms with van der Waals surface area (Å²) in [6, 6.07) is 10.9. The fourth-order valence-corrected chi connectivity index (χ4v) is 2.46. The summed E-state index contributed by atoms with van der Waals surface area (Å²) in [6.45, 7) is 6.02. The summed E-state index contributed by atoms with van der Waals surface area (Å²) in [6.07, 6.45) is 0. The van der Waals surface area contributed by atoms with E-state index in [2.05, 4.69) is 37.5 Å². The average Bonchev–Trinajstić information content (AvgIpc) is 2.34. The van der Waals surface area contributed by atoms with Gasteiger partial charge < -0.3 is 0 Å². The van der Waals surface area contributed by atoms with Crippen molar-refractivity contribution in [2.45, 2.75) is 26.8 Å². The van der Waals surface area contributed by atoms with E-state index in [1.807, 2.05) is 6.92 Å². The Kier molecular flexibility index (Phi) is 3.98. The molecule has 0 aromatic heterocycles. The third-order valence-electron chi connectivity index (χ3n) is 3.45. The Morgan fingerprint density at radius 3 is 2.05 bits per heavy atom. The van der Waals surface area contributed by atoms with Crippen molar-refractivity contribution in [3.8, 4) is 0 Å². The third kappa shape index (κ3) is 2.83. The van der Waals surface area contributed by atoms with E-state index in [1.54, 1.807) is 6.07 Å². The molecule has 0 heterocycles. The summed E-state index contributed by atoms with van der Waals surface area (Å²) in [5, 5.41) is 0. The second-order valence-electron chi connectivity index (χ2n) is 4.96. The van der Waals surface area contributed by atoms with E-state index in [-0.39, 0.29) is 11.9 Å². The van der Waals surface area contributed by atoms with Gasteiger partial charge in [-0.05, 0) is 55.2 Å². The average molecular weight is 258 g/mol. The van der Waals surface area contributed by atoms with E-state index in [4.69, 9.17) is 5.84 Å². The minimum atomic E-state index is -0.224. The minimum Gasteiger partial charge on any atom is -0.271 e. The molecule has 2 aromatic rings. The van der Waals surface area contributed by atoms with Crippen LogP contribution in [0.2, 0.25) is 0 Å². The zero-order chi connectivity index (χ0) is 14.0. The Morgan fingerprint density at radius 1 is 0.947 bits per heavy atom. The smallest absolute Gasteiger partial charge is 0.123 e. The van der Waals surface area contributed by atoms with Crippen molar-refractivity contribution in [2.75, 3.05) is 0 Å². The molecule has 2 rings (SSSR count). The van der Waals surface area contributed by atoms with E-state index in [9.17, 15) is 4.39 Å². The summed E-state index contributed by atoms with van der Waals surface area (Å²) < 4.78 is 13.2. The topological polar surface area (TPSA) is 38.0 Å². The second-order valence-corrected chi connectivity index (χ2v) is 4.96. The monoisotopic (exact) mass is 258 g/mol. The molecule has 2 nitrogen and oxygen atoms in total. The summed E-state index contributed by atoms with van der Waals surface area (Å²) in [5.74, 6) is 5.48. The number of hydrogen-bond acceptors (Lipinski definition) is 2. The maximum absolute atomic E-state index is 13.2. The quantitative estimate of drug-likeness (QED) is 0.655. The SMILES string of the molecule is Cc1ccc(C(NN)c2ccc(F)cc2C)c(C)c1. The van der Waals surface area contributed by atoms with Gasteiger partial charge in [-0.2, -0.15) is 0 Å². The molecule has 0 aliphatic rings. The molecule has 100 valence electrons. The molecule has 0 saturated heterocycles. The molecule has 0 aliphatic carbocycles. The molecule has 0 amide bonds. The Labute approximate surface area is 113 Å². The van der Waals surface area contributed by atoms with Crippen LogP contribution in [0.5, 0.6) is 0 Å². The number of halogens is 1. The zero-order valence-electron chi connectivity index (χ0n) is 11.5. The van der Waals surface area contributed by atoms with E-state index in [0.29, 0.717) is 0 Å². The molecule has 0 spiro atoms. The van der Waals surface area contributed by atoms with Crippen LogP contribution in [0, 0.1) is 26.6 Å². The third-order valence-corrected chi connectivity index (χ3v) is 3.45. The zero-order valence-corrected chi connectivity index (χ0v) is 11.5. The van der Waals surface area contributed by atoms with E-state index in [1.165, 1.54) is 23.3 Å². The van der Waals surface area contributed by atoms with Crippen molar-refractivity contribution in [3.05, 3.63) is 70.0 Å². The highest BCUT2D eigenvalue weighted by atomic mass is 19.1. The van der Waals surface area contributed by atoms with Crippen LogP contribution >= 0.6 is 0 Å². The molecule has 2 aromatic carbocycles. The molecule has 1 atom stereocenters. The van der Waals surface area contributed by atoms with E-state index < -0.39 is 0 Å². The van der Waals surface area contributed by atoms with Crippen LogP contribution < -0.4 is 11.3 Å². The molecule has 1 unspecified atom stereocenters. The Balaban J connectivity index is 2.50. The fourth-order valence-electron chi connectivity index (χ4n) is 2.46. The van der Waals surface area contributed by atoms with Gasteiger partial charge in [0.2, 0.25) is 0 Å². The first kappa shape index (κ1) is 13.7. The van der Waals surface area contributed by atoms with Gasteiger partial charge in [0.1, 0.15) is 5.82 Å². The van der Waals surface area contributed by atoms with Gasteiger partial charge in [0.15, 0.2) is 0 Å². The molecule has 3 heteroatoms. The first-order valence-electron chi connectivity index (χ1n) is 6.32. The maximum atomic E-state index is 13.2. The lowest BCUT2D eigenvalue weighted by Gasteiger charge is -2.21. The van der Waals surface area contributed by atoms with Crippen molar-refractivity contribution in [1.82, 2.24) is 5.43 Å². The molecule has 0 saturated carbocycles. The number of hydrogen-bond donors (Lipinski definition) is 2. The number of benzene rings is 2. The van der Waals surface area contributed by atoms with Gasteiger partial charge >= 0.3 is 0 Å². The Morgan fingerprint density at radius 2 is 1.53 bits per heavy atom. The Hall–Kier alpha value is -1.71. The van der Waals surface area contributed by atoms with Gasteiger partial charge in [-0.25, -0.2) is 9.82 Å². The van der Waals surface area contributed by atoms with Gasteiger partial charge in [0, 0.05) is 0 Å². The lowest BCUT2D eigenvalue weighted by Crippen LogP contribution is -2.30. The Bertz CT molecular complexity index is 542. The summed E-state index contributed by atoms with van der Waals surface area (Å²) in [4.78, 5) is 0. The van der Waals surface area contributed by atoms with Crippen LogP contribution in [-0.4, -0.2) is 0 Å². The number of nitrogens with one attached hydrogen (secondary N) is 1. The van der Waals surface area contributed by atoms with Crippen LogP contribution in [0.4, 0.5) is 4.39 Å². The highest BCUT2D eigenvalue weighted by Gasteiger charge is 2.16. The van der Waals surface area contributed by atoms with Crippen LogP contribution in [0.1, 0.15) is 33.9 Å². The lowest BCUT2D eigenvalue weighted by atomic mass is 9.92.